The minimum atomic E-state index is -3.71. The monoisotopic (exact) mass is 540 g/mol. The lowest BCUT2D eigenvalue weighted by molar-refractivity contribution is -0.140. The number of sulfonamides is 1. The topological polar surface area (TPSA) is 107 Å². The minimum absolute atomic E-state index is 0.00164. The molecule has 3 aliphatic rings. The first-order valence-electron chi connectivity index (χ1n) is 12.3. The smallest absolute Gasteiger partial charge is 0.227 e. The number of carbonyl (C=O) groups is 1. The van der Waals surface area contributed by atoms with Crippen LogP contribution < -0.4 is 0 Å². The van der Waals surface area contributed by atoms with E-state index < -0.39 is 28.0 Å². The summed E-state index contributed by atoms with van der Waals surface area (Å²) in [7, 11) is -3.71. The van der Waals surface area contributed by atoms with Crippen LogP contribution in [0.25, 0.3) is 0 Å². The predicted octanol–water partition coefficient (Wildman–Crippen LogP) is 2.04. The van der Waals surface area contributed by atoms with Gasteiger partial charge in [0.2, 0.25) is 15.9 Å². The highest BCUT2D eigenvalue weighted by molar-refractivity contribution is 7.88. The Labute approximate surface area is 214 Å². The third-order valence-corrected chi connectivity index (χ3v) is 9.72. The molecule has 4 atom stereocenters. The summed E-state index contributed by atoms with van der Waals surface area (Å²) in [5.74, 6) is -1.02. The van der Waals surface area contributed by atoms with Gasteiger partial charge < -0.3 is 14.5 Å². The number of piperazine rings is 1. The van der Waals surface area contributed by atoms with Crippen LogP contribution in [-0.4, -0.2) is 89.1 Å². The van der Waals surface area contributed by atoms with Crippen LogP contribution in [0.3, 0.4) is 0 Å². The van der Waals surface area contributed by atoms with E-state index in [1.807, 2.05) is 0 Å². The first-order valence-corrected chi connectivity index (χ1v) is 14.3. The van der Waals surface area contributed by atoms with Crippen LogP contribution in [0, 0.1) is 5.82 Å². The summed E-state index contributed by atoms with van der Waals surface area (Å²) in [6, 6.07) is 5.05. The number of fused-ring (bicyclic) bond motifs is 1. The van der Waals surface area contributed by atoms with E-state index in [0.717, 1.165) is 12.8 Å². The summed E-state index contributed by atoms with van der Waals surface area (Å²) in [6.45, 7) is 1.62. The highest BCUT2D eigenvalue weighted by Gasteiger charge is 2.50. The third kappa shape index (κ3) is 5.17. The van der Waals surface area contributed by atoms with Gasteiger partial charge in [-0.05, 0) is 37.0 Å². The van der Waals surface area contributed by atoms with E-state index >= 15 is 0 Å². The number of rotatable bonds is 6. The first-order chi connectivity index (χ1) is 17.2. The molecule has 1 aromatic heterocycles. The summed E-state index contributed by atoms with van der Waals surface area (Å²) in [5, 5.41) is 13.9. The third-order valence-electron chi connectivity index (χ3n) is 7.58. The number of aliphatic hydroxyl groups excluding tert-OH is 1. The molecule has 2 saturated heterocycles. The molecule has 36 heavy (non-hydrogen) atoms. The lowest BCUT2D eigenvalue weighted by Gasteiger charge is -2.54. The van der Waals surface area contributed by atoms with Crippen molar-refractivity contribution in [3.05, 3.63) is 52.6 Å². The molecule has 5 rings (SSSR count). The van der Waals surface area contributed by atoms with Gasteiger partial charge in [0, 0.05) is 44.3 Å². The van der Waals surface area contributed by atoms with Gasteiger partial charge in [0.1, 0.15) is 17.8 Å². The fourth-order valence-corrected chi connectivity index (χ4v) is 7.81. The first kappa shape index (κ1) is 25.6. The number of amides is 1. The average Bonchev–Trinajstić information content (AvgIpc) is 3.51. The second-order valence-electron chi connectivity index (χ2n) is 9.86. The Morgan fingerprint density at radius 1 is 1.17 bits per heavy atom. The Balaban J connectivity index is 1.43. The molecule has 2 aliphatic heterocycles. The maximum atomic E-state index is 14.0. The fourth-order valence-electron chi connectivity index (χ4n) is 6.00. The lowest BCUT2D eigenvalue weighted by atomic mass is 9.82. The van der Waals surface area contributed by atoms with Gasteiger partial charge in [-0.3, -0.25) is 9.69 Å². The molecular formula is C24H30ClFN4O5S. The lowest BCUT2D eigenvalue weighted by Crippen LogP contribution is -2.69. The van der Waals surface area contributed by atoms with Gasteiger partial charge in [0.05, 0.1) is 29.3 Å². The molecule has 0 radical (unpaired) electrons. The van der Waals surface area contributed by atoms with Crippen LogP contribution in [-0.2, 0) is 27.0 Å². The zero-order chi connectivity index (χ0) is 25.4. The van der Waals surface area contributed by atoms with Gasteiger partial charge in [-0.1, -0.05) is 29.2 Å². The molecular weight excluding hydrogens is 511 g/mol. The predicted molar refractivity (Wildman–Crippen MR) is 130 cm³/mol. The Morgan fingerprint density at radius 2 is 1.97 bits per heavy atom. The summed E-state index contributed by atoms with van der Waals surface area (Å²) in [6.07, 6.45) is 3.83. The van der Waals surface area contributed by atoms with Crippen LogP contribution in [0.1, 0.15) is 36.9 Å². The van der Waals surface area contributed by atoms with Crippen LogP contribution in [0.4, 0.5) is 4.39 Å². The van der Waals surface area contributed by atoms with Gasteiger partial charge in [-0.25, -0.2) is 12.8 Å². The number of halogens is 2. The molecule has 1 aromatic carbocycles. The number of carbonyl (C=O) groups excluding carboxylic acids is 1. The summed E-state index contributed by atoms with van der Waals surface area (Å²) < 4.78 is 47.3. The zero-order valence-corrected chi connectivity index (χ0v) is 21.4. The second-order valence-corrected chi connectivity index (χ2v) is 12.2. The van der Waals surface area contributed by atoms with Gasteiger partial charge in [0.15, 0.2) is 0 Å². The highest BCUT2D eigenvalue weighted by Crippen LogP contribution is 2.37. The molecule has 196 valence electrons. The second kappa shape index (κ2) is 10.4. The molecule has 12 heteroatoms. The number of hydrogen-bond acceptors (Lipinski definition) is 7. The van der Waals surface area contributed by atoms with Gasteiger partial charge in [0.25, 0.3) is 0 Å². The number of nitrogens with zero attached hydrogens (tertiary/aromatic N) is 4. The van der Waals surface area contributed by atoms with E-state index in [-0.39, 0.29) is 48.3 Å². The van der Waals surface area contributed by atoms with E-state index in [1.165, 1.54) is 28.8 Å². The number of benzene rings is 1. The molecule has 0 unspecified atom stereocenters. The standard InChI is InChI=1S/C24H30ClFN4O5S/c25-19-5-4-16(12-20(19)26)13-23(32)29-9-10-30(36(33,34)15-17-7-11-35-27-17)22-3-1-2-21(24(22)29)28-8-6-18(31)14-28/h4-5,7,11-12,18,21-22,24,31H,1-3,6,8-10,13-15H2/t18-,21-,22-,24+/m0/s1. The highest BCUT2D eigenvalue weighted by atomic mass is 35.5. The molecule has 3 heterocycles. The van der Waals surface area contributed by atoms with Gasteiger partial charge in [-0.2, -0.15) is 4.31 Å². The van der Waals surface area contributed by atoms with Crippen molar-refractivity contribution < 1.29 is 27.2 Å². The molecule has 2 aromatic rings. The zero-order valence-electron chi connectivity index (χ0n) is 19.8. The maximum absolute atomic E-state index is 14.0. The number of aliphatic hydroxyl groups is 1. The van der Waals surface area contributed by atoms with Gasteiger partial charge in [-0.15, -0.1) is 0 Å². The molecule has 1 aliphatic carbocycles. The maximum Gasteiger partial charge on any atom is 0.227 e. The van der Waals surface area contributed by atoms with Gasteiger partial charge >= 0.3 is 0 Å². The summed E-state index contributed by atoms with van der Waals surface area (Å²) >= 11 is 5.80. The molecule has 0 spiro atoms. The Hall–Kier alpha value is -2.05. The summed E-state index contributed by atoms with van der Waals surface area (Å²) in [5.41, 5.74) is 0.855. The van der Waals surface area contributed by atoms with E-state index in [0.29, 0.717) is 37.2 Å². The molecule has 0 bridgehead atoms. The van der Waals surface area contributed by atoms with Crippen molar-refractivity contribution in [1.82, 2.24) is 19.3 Å². The van der Waals surface area contributed by atoms with Crippen molar-refractivity contribution in [2.24, 2.45) is 0 Å². The van der Waals surface area contributed by atoms with Crippen molar-refractivity contribution in [3.63, 3.8) is 0 Å². The average molecular weight is 541 g/mol. The van der Waals surface area contributed by atoms with E-state index in [1.54, 1.807) is 11.0 Å². The van der Waals surface area contributed by atoms with Crippen LogP contribution in [0.15, 0.2) is 35.1 Å². The quantitative estimate of drug-likeness (QED) is 0.597. The normalized spacial score (nSPS) is 27.8. The Bertz CT molecular complexity index is 1200. The number of likely N-dealkylation sites (tertiary alicyclic amines) is 1. The number of aromatic nitrogens is 1. The van der Waals surface area contributed by atoms with Crippen LogP contribution >= 0.6 is 11.6 Å². The SMILES string of the molecule is O=C(Cc1ccc(Cl)c(F)c1)N1CCN(S(=O)(=O)Cc2ccon2)[C@H]2CCC[C@H](N3CC[C@H](O)C3)[C@H]21. The van der Waals surface area contributed by atoms with Crippen molar-refractivity contribution in [2.45, 2.75) is 62.1 Å². The van der Waals surface area contributed by atoms with Crippen molar-refractivity contribution in [3.8, 4) is 0 Å². The largest absolute Gasteiger partial charge is 0.392 e. The number of β-amino-alcohol motifs (C(OH)–C–C–N with tert-alkyl or cyclic N) is 1. The summed E-state index contributed by atoms with van der Waals surface area (Å²) in [4.78, 5) is 17.5. The fraction of sp³-hybridized carbons (Fsp3) is 0.583. The molecule has 9 nitrogen and oxygen atoms in total. The Morgan fingerprint density at radius 3 is 2.67 bits per heavy atom. The van der Waals surface area contributed by atoms with E-state index in [9.17, 15) is 22.7 Å². The van der Waals surface area contributed by atoms with Crippen molar-refractivity contribution in [1.29, 1.82) is 0 Å². The molecule has 1 saturated carbocycles. The van der Waals surface area contributed by atoms with Crippen LogP contribution in [0.2, 0.25) is 5.02 Å². The molecule has 3 fully saturated rings. The van der Waals surface area contributed by atoms with Crippen LogP contribution in [0.5, 0.6) is 0 Å². The van der Waals surface area contributed by atoms with E-state index in [4.69, 9.17) is 16.1 Å². The molecule has 1 amide bonds. The van der Waals surface area contributed by atoms with Crippen molar-refractivity contribution in [2.75, 3.05) is 26.2 Å². The number of hydrogen-bond donors (Lipinski definition) is 1. The van der Waals surface area contributed by atoms with E-state index in [2.05, 4.69) is 10.1 Å². The Kier molecular flexibility index (Phi) is 7.37. The van der Waals surface area contributed by atoms with Crippen molar-refractivity contribution >= 4 is 27.5 Å². The minimum Gasteiger partial charge on any atom is -0.392 e. The molecule has 1 N–H and O–H groups in total.